The zero-order valence-corrected chi connectivity index (χ0v) is 10.8. The SMILES string of the molecule is CCOC(=O)C(C)NCC(C)(C)N(C)C. The molecule has 0 fully saturated rings. The van der Waals surface area contributed by atoms with E-state index in [2.05, 4.69) is 24.1 Å². The van der Waals surface area contributed by atoms with Gasteiger partial charge in [0.25, 0.3) is 0 Å². The lowest BCUT2D eigenvalue weighted by Gasteiger charge is -2.33. The fourth-order valence-corrected chi connectivity index (χ4v) is 0.912. The number of nitrogens with zero attached hydrogens (tertiary/aromatic N) is 1. The molecule has 0 aliphatic carbocycles. The Morgan fingerprint density at radius 3 is 2.40 bits per heavy atom. The van der Waals surface area contributed by atoms with Gasteiger partial charge in [0, 0.05) is 12.1 Å². The summed E-state index contributed by atoms with van der Waals surface area (Å²) in [6.45, 7) is 9.07. The largest absolute Gasteiger partial charge is 0.465 e. The summed E-state index contributed by atoms with van der Waals surface area (Å²) < 4.78 is 4.91. The van der Waals surface area contributed by atoms with Gasteiger partial charge in [0.2, 0.25) is 0 Å². The quantitative estimate of drug-likeness (QED) is 0.669. The van der Waals surface area contributed by atoms with E-state index in [4.69, 9.17) is 4.74 Å². The van der Waals surface area contributed by atoms with E-state index in [1.807, 2.05) is 27.9 Å². The van der Waals surface area contributed by atoms with Crippen LogP contribution in [0.4, 0.5) is 0 Å². The van der Waals surface area contributed by atoms with Crippen molar-refractivity contribution in [2.24, 2.45) is 0 Å². The van der Waals surface area contributed by atoms with E-state index in [1.54, 1.807) is 0 Å². The van der Waals surface area contributed by atoms with E-state index < -0.39 is 0 Å². The highest BCUT2D eigenvalue weighted by Crippen LogP contribution is 2.08. The number of likely N-dealkylation sites (N-methyl/N-ethyl adjacent to an activating group) is 1. The molecule has 15 heavy (non-hydrogen) atoms. The summed E-state index contributed by atoms with van der Waals surface area (Å²) in [6.07, 6.45) is 0. The van der Waals surface area contributed by atoms with Crippen molar-refractivity contribution in [1.29, 1.82) is 0 Å². The van der Waals surface area contributed by atoms with E-state index in [9.17, 15) is 4.79 Å². The van der Waals surface area contributed by atoms with Crippen LogP contribution >= 0.6 is 0 Å². The minimum Gasteiger partial charge on any atom is -0.465 e. The fraction of sp³-hybridized carbons (Fsp3) is 0.909. The van der Waals surface area contributed by atoms with Gasteiger partial charge < -0.3 is 15.0 Å². The molecular formula is C11H24N2O2. The maximum absolute atomic E-state index is 11.3. The molecule has 1 atom stereocenters. The zero-order chi connectivity index (χ0) is 12.1. The summed E-state index contributed by atoms with van der Waals surface area (Å²) >= 11 is 0. The van der Waals surface area contributed by atoms with Gasteiger partial charge in [-0.1, -0.05) is 0 Å². The molecule has 0 aliphatic rings. The lowest BCUT2D eigenvalue weighted by molar-refractivity contribution is -0.145. The van der Waals surface area contributed by atoms with Gasteiger partial charge >= 0.3 is 5.97 Å². The Morgan fingerprint density at radius 1 is 1.47 bits per heavy atom. The number of hydrogen-bond donors (Lipinski definition) is 1. The molecular weight excluding hydrogens is 192 g/mol. The molecule has 1 unspecified atom stereocenters. The Kier molecular flexibility index (Phi) is 5.83. The second kappa shape index (κ2) is 6.08. The van der Waals surface area contributed by atoms with Crippen LogP contribution in [0.5, 0.6) is 0 Å². The third-order valence-corrected chi connectivity index (χ3v) is 2.69. The molecule has 4 nitrogen and oxygen atoms in total. The van der Waals surface area contributed by atoms with Crippen molar-refractivity contribution >= 4 is 5.97 Å². The first-order chi connectivity index (χ1) is 6.81. The molecule has 0 rings (SSSR count). The highest BCUT2D eigenvalue weighted by Gasteiger charge is 2.22. The first-order valence-corrected chi connectivity index (χ1v) is 5.38. The van der Waals surface area contributed by atoms with Crippen molar-refractivity contribution in [1.82, 2.24) is 10.2 Å². The molecule has 0 aromatic carbocycles. The summed E-state index contributed by atoms with van der Waals surface area (Å²) in [7, 11) is 4.05. The van der Waals surface area contributed by atoms with Gasteiger partial charge in [-0.15, -0.1) is 0 Å². The van der Waals surface area contributed by atoms with Gasteiger partial charge in [-0.25, -0.2) is 0 Å². The summed E-state index contributed by atoms with van der Waals surface area (Å²) in [5.74, 6) is -0.188. The van der Waals surface area contributed by atoms with E-state index in [0.29, 0.717) is 6.61 Å². The second-order valence-electron chi connectivity index (χ2n) is 4.56. The summed E-state index contributed by atoms with van der Waals surface area (Å²) in [6, 6.07) is -0.246. The van der Waals surface area contributed by atoms with Crippen molar-refractivity contribution in [3.8, 4) is 0 Å². The standard InChI is InChI=1S/C11H24N2O2/c1-7-15-10(14)9(2)12-8-11(3,4)13(5)6/h9,12H,7-8H2,1-6H3. The van der Waals surface area contributed by atoms with Crippen molar-refractivity contribution in [3.63, 3.8) is 0 Å². The van der Waals surface area contributed by atoms with Crippen molar-refractivity contribution in [2.45, 2.75) is 39.3 Å². The number of esters is 1. The summed E-state index contributed by atoms with van der Waals surface area (Å²) in [5.41, 5.74) is 0.0285. The monoisotopic (exact) mass is 216 g/mol. The summed E-state index contributed by atoms with van der Waals surface area (Å²) in [4.78, 5) is 13.5. The molecule has 0 bridgehead atoms. The lowest BCUT2D eigenvalue weighted by Crippen LogP contribution is -2.50. The van der Waals surface area contributed by atoms with E-state index in [0.717, 1.165) is 6.54 Å². The molecule has 0 heterocycles. The second-order valence-corrected chi connectivity index (χ2v) is 4.56. The average molecular weight is 216 g/mol. The molecule has 0 aromatic rings. The van der Waals surface area contributed by atoms with Gasteiger partial charge in [0.1, 0.15) is 6.04 Å². The molecule has 90 valence electrons. The zero-order valence-electron chi connectivity index (χ0n) is 10.8. The Bertz CT molecular complexity index is 203. The minimum atomic E-state index is -0.246. The lowest BCUT2D eigenvalue weighted by atomic mass is 10.0. The molecule has 1 N–H and O–H groups in total. The smallest absolute Gasteiger partial charge is 0.322 e. The van der Waals surface area contributed by atoms with Crippen LogP contribution in [0.25, 0.3) is 0 Å². The number of hydrogen-bond acceptors (Lipinski definition) is 4. The Balaban J connectivity index is 3.99. The molecule has 0 amide bonds. The van der Waals surface area contributed by atoms with Gasteiger partial charge in [0.15, 0.2) is 0 Å². The van der Waals surface area contributed by atoms with Crippen LogP contribution in [0.1, 0.15) is 27.7 Å². The van der Waals surface area contributed by atoms with E-state index >= 15 is 0 Å². The molecule has 0 spiro atoms. The van der Waals surface area contributed by atoms with Crippen molar-refractivity contribution < 1.29 is 9.53 Å². The number of carbonyl (C=O) groups excluding carboxylic acids is 1. The molecule has 0 radical (unpaired) electrons. The Hall–Kier alpha value is -0.610. The van der Waals surface area contributed by atoms with E-state index in [1.165, 1.54) is 0 Å². The summed E-state index contributed by atoms with van der Waals surface area (Å²) in [5, 5.41) is 3.17. The van der Waals surface area contributed by atoms with Gasteiger partial charge in [-0.2, -0.15) is 0 Å². The van der Waals surface area contributed by atoms with Crippen molar-refractivity contribution in [3.05, 3.63) is 0 Å². The van der Waals surface area contributed by atoms with Crippen molar-refractivity contribution in [2.75, 3.05) is 27.2 Å². The predicted octanol–water partition coefficient (Wildman–Crippen LogP) is 0.868. The first kappa shape index (κ1) is 14.4. The van der Waals surface area contributed by atoms with Crippen LogP contribution in [0.2, 0.25) is 0 Å². The maximum Gasteiger partial charge on any atom is 0.322 e. The highest BCUT2D eigenvalue weighted by molar-refractivity contribution is 5.75. The molecule has 0 aromatic heterocycles. The topological polar surface area (TPSA) is 41.6 Å². The van der Waals surface area contributed by atoms with Crippen LogP contribution in [-0.2, 0) is 9.53 Å². The van der Waals surface area contributed by atoms with Crippen LogP contribution in [0.15, 0.2) is 0 Å². The normalized spacial score (nSPS) is 14.1. The first-order valence-electron chi connectivity index (χ1n) is 5.38. The molecule has 0 aliphatic heterocycles. The molecule has 0 saturated heterocycles. The van der Waals surface area contributed by atoms with Crippen LogP contribution < -0.4 is 5.32 Å². The van der Waals surface area contributed by atoms with Gasteiger partial charge in [0.05, 0.1) is 6.61 Å². The molecule has 4 heteroatoms. The average Bonchev–Trinajstić information content (AvgIpc) is 2.14. The van der Waals surface area contributed by atoms with Crippen LogP contribution in [0, 0.1) is 0 Å². The maximum atomic E-state index is 11.3. The predicted molar refractivity (Wildman–Crippen MR) is 61.9 cm³/mol. The minimum absolute atomic E-state index is 0.0285. The van der Waals surface area contributed by atoms with Crippen LogP contribution in [-0.4, -0.2) is 49.7 Å². The number of carbonyl (C=O) groups is 1. The Morgan fingerprint density at radius 2 is 2.00 bits per heavy atom. The van der Waals surface area contributed by atoms with Crippen LogP contribution in [0.3, 0.4) is 0 Å². The fourth-order valence-electron chi connectivity index (χ4n) is 0.912. The van der Waals surface area contributed by atoms with Gasteiger partial charge in [-0.05, 0) is 41.8 Å². The third-order valence-electron chi connectivity index (χ3n) is 2.69. The number of rotatable bonds is 6. The molecule has 0 saturated carbocycles. The third kappa shape index (κ3) is 5.14. The van der Waals surface area contributed by atoms with Gasteiger partial charge in [-0.3, -0.25) is 4.79 Å². The van der Waals surface area contributed by atoms with E-state index in [-0.39, 0.29) is 17.6 Å². The number of ether oxygens (including phenoxy) is 1. The number of nitrogens with one attached hydrogen (secondary N) is 1. The highest BCUT2D eigenvalue weighted by atomic mass is 16.5. The Labute approximate surface area is 93.0 Å².